The molecule has 0 amide bonds. The Morgan fingerprint density at radius 2 is 1.92 bits per heavy atom. The lowest BCUT2D eigenvalue weighted by Crippen LogP contribution is -2.16. The molecule has 2 rings (SSSR count). The number of aromatic nitrogens is 1. The average molecular weight is 338 g/mol. The van der Waals surface area contributed by atoms with Crippen LogP contribution in [0.15, 0.2) is 23.0 Å². The van der Waals surface area contributed by atoms with Gasteiger partial charge in [0.2, 0.25) is 0 Å². The first-order valence-corrected chi connectivity index (χ1v) is 7.24. The third kappa shape index (κ3) is 3.43. The fraction of sp³-hybridized carbons (Fsp3) is 0.176. The van der Waals surface area contributed by atoms with Crippen LogP contribution in [0, 0.1) is 22.7 Å². The quantitative estimate of drug-likeness (QED) is 0.638. The standard InChI is InChI=1S/C17H14N4O4/c1-3-24-14-6-10(4-5-13(14)25-9(2)22)15-11(7-18)16(20)21-17(23)12(15)8-19/h4-6H,3H2,1-2H3,(H3,20,21,23). The summed E-state index contributed by atoms with van der Waals surface area (Å²) in [4.78, 5) is 25.5. The Hall–Kier alpha value is -3.78. The van der Waals surface area contributed by atoms with Crippen LogP contribution in [-0.2, 0) is 4.79 Å². The summed E-state index contributed by atoms with van der Waals surface area (Å²) >= 11 is 0. The Kier molecular flexibility index (Phi) is 5.06. The van der Waals surface area contributed by atoms with Crippen molar-refractivity contribution < 1.29 is 14.3 Å². The van der Waals surface area contributed by atoms with Crippen LogP contribution >= 0.6 is 0 Å². The maximum absolute atomic E-state index is 12.0. The minimum Gasteiger partial charge on any atom is -0.490 e. The number of aromatic amines is 1. The smallest absolute Gasteiger partial charge is 0.308 e. The lowest BCUT2D eigenvalue weighted by atomic mass is 9.96. The first kappa shape index (κ1) is 17.6. The SMILES string of the molecule is CCOc1cc(-c2c(C#N)c(N)[nH]c(=O)c2C#N)ccc1OC(C)=O. The largest absolute Gasteiger partial charge is 0.490 e. The van der Waals surface area contributed by atoms with Crippen molar-refractivity contribution in [2.45, 2.75) is 13.8 Å². The van der Waals surface area contributed by atoms with Gasteiger partial charge in [-0.3, -0.25) is 9.59 Å². The predicted octanol–water partition coefficient (Wildman–Crippen LogP) is 1.69. The Morgan fingerprint density at radius 3 is 2.48 bits per heavy atom. The second-order valence-electron chi connectivity index (χ2n) is 4.90. The molecular weight excluding hydrogens is 324 g/mol. The number of esters is 1. The van der Waals surface area contributed by atoms with E-state index in [2.05, 4.69) is 4.98 Å². The highest BCUT2D eigenvalue weighted by atomic mass is 16.6. The molecule has 0 saturated heterocycles. The van der Waals surface area contributed by atoms with Gasteiger partial charge in [-0.05, 0) is 24.6 Å². The van der Waals surface area contributed by atoms with Crippen LogP contribution in [0.5, 0.6) is 11.5 Å². The van der Waals surface area contributed by atoms with Crippen LogP contribution < -0.4 is 20.8 Å². The van der Waals surface area contributed by atoms with Crippen LogP contribution in [0.4, 0.5) is 5.82 Å². The topological polar surface area (TPSA) is 142 Å². The van der Waals surface area contributed by atoms with E-state index in [4.69, 9.17) is 15.2 Å². The zero-order chi connectivity index (χ0) is 18.6. The van der Waals surface area contributed by atoms with Crippen LogP contribution in [0.25, 0.3) is 11.1 Å². The molecule has 0 aliphatic carbocycles. The highest BCUT2D eigenvalue weighted by Gasteiger charge is 2.20. The number of anilines is 1. The number of H-pyrrole nitrogens is 1. The Labute approximate surface area is 143 Å². The van der Waals surface area contributed by atoms with Crippen molar-refractivity contribution in [3.05, 3.63) is 39.7 Å². The zero-order valence-corrected chi connectivity index (χ0v) is 13.5. The molecule has 0 saturated carbocycles. The molecule has 3 N–H and O–H groups in total. The van der Waals surface area contributed by atoms with Gasteiger partial charge in [0, 0.05) is 12.5 Å². The van der Waals surface area contributed by atoms with Gasteiger partial charge in [-0.1, -0.05) is 6.07 Å². The molecule has 25 heavy (non-hydrogen) atoms. The predicted molar refractivity (Wildman–Crippen MR) is 88.8 cm³/mol. The number of hydrogen-bond acceptors (Lipinski definition) is 7. The normalized spacial score (nSPS) is 9.76. The highest BCUT2D eigenvalue weighted by molar-refractivity contribution is 5.81. The third-order valence-corrected chi connectivity index (χ3v) is 3.25. The third-order valence-electron chi connectivity index (χ3n) is 3.25. The fourth-order valence-electron chi connectivity index (χ4n) is 2.30. The summed E-state index contributed by atoms with van der Waals surface area (Å²) in [6.45, 7) is 3.30. The molecule has 0 atom stereocenters. The monoisotopic (exact) mass is 338 g/mol. The summed E-state index contributed by atoms with van der Waals surface area (Å²) in [5, 5.41) is 18.7. The van der Waals surface area contributed by atoms with Crippen molar-refractivity contribution in [2.75, 3.05) is 12.3 Å². The van der Waals surface area contributed by atoms with Gasteiger partial charge in [0.05, 0.1) is 6.61 Å². The van der Waals surface area contributed by atoms with Crippen molar-refractivity contribution in [3.63, 3.8) is 0 Å². The molecule has 0 aliphatic heterocycles. The molecule has 0 fully saturated rings. The summed E-state index contributed by atoms with van der Waals surface area (Å²) in [7, 11) is 0. The minimum atomic E-state index is -0.698. The van der Waals surface area contributed by atoms with E-state index < -0.39 is 11.5 Å². The van der Waals surface area contributed by atoms with Crippen molar-refractivity contribution >= 4 is 11.8 Å². The van der Waals surface area contributed by atoms with Gasteiger partial charge in [0.25, 0.3) is 5.56 Å². The molecule has 0 unspecified atom stereocenters. The second-order valence-corrected chi connectivity index (χ2v) is 4.90. The van der Waals surface area contributed by atoms with E-state index in [0.29, 0.717) is 12.2 Å². The van der Waals surface area contributed by atoms with Crippen LogP contribution in [0.2, 0.25) is 0 Å². The number of benzene rings is 1. The van der Waals surface area contributed by atoms with Crippen LogP contribution in [0.3, 0.4) is 0 Å². The van der Waals surface area contributed by atoms with E-state index in [-0.39, 0.29) is 34.0 Å². The second kappa shape index (κ2) is 7.20. The van der Waals surface area contributed by atoms with E-state index in [9.17, 15) is 20.1 Å². The number of nitrogens with zero attached hydrogens (tertiary/aromatic N) is 2. The number of ether oxygens (including phenoxy) is 2. The molecular formula is C17H14N4O4. The number of pyridine rings is 1. The van der Waals surface area contributed by atoms with Crippen molar-refractivity contribution in [2.24, 2.45) is 0 Å². The molecule has 1 heterocycles. The highest BCUT2D eigenvalue weighted by Crippen LogP contribution is 2.35. The van der Waals surface area contributed by atoms with Gasteiger partial charge in [0.15, 0.2) is 11.5 Å². The number of carbonyl (C=O) groups is 1. The lowest BCUT2D eigenvalue weighted by Gasteiger charge is -2.13. The van der Waals surface area contributed by atoms with Gasteiger partial charge in [-0.25, -0.2) is 0 Å². The first-order valence-electron chi connectivity index (χ1n) is 7.24. The number of nitrogens with one attached hydrogen (secondary N) is 1. The van der Waals surface area contributed by atoms with Crippen molar-refractivity contribution in [3.8, 4) is 34.8 Å². The molecule has 8 nitrogen and oxygen atoms in total. The van der Waals surface area contributed by atoms with Gasteiger partial charge < -0.3 is 20.2 Å². The molecule has 8 heteroatoms. The molecule has 0 bridgehead atoms. The number of rotatable bonds is 4. The number of hydrogen-bond donors (Lipinski definition) is 2. The molecule has 0 radical (unpaired) electrons. The van der Waals surface area contributed by atoms with E-state index in [0.717, 1.165) is 0 Å². The van der Waals surface area contributed by atoms with Gasteiger partial charge in [-0.2, -0.15) is 10.5 Å². The number of nitriles is 2. The Bertz CT molecular complexity index is 980. The van der Waals surface area contributed by atoms with Crippen LogP contribution in [0.1, 0.15) is 25.0 Å². The average Bonchev–Trinajstić information content (AvgIpc) is 2.55. The number of carbonyl (C=O) groups excluding carboxylic acids is 1. The maximum atomic E-state index is 12.0. The number of nitrogens with two attached hydrogens (primary N) is 1. The summed E-state index contributed by atoms with van der Waals surface area (Å²) in [5.74, 6) is -0.234. The molecule has 126 valence electrons. The minimum absolute atomic E-state index is 0.0289. The van der Waals surface area contributed by atoms with Crippen molar-refractivity contribution in [1.29, 1.82) is 10.5 Å². The lowest BCUT2D eigenvalue weighted by molar-refractivity contribution is -0.132. The van der Waals surface area contributed by atoms with Gasteiger partial charge in [-0.15, -0.1) is 0 Å². The fourth-order valence-corrected chi connectivity index (χ4v) is 2.30. The Balaban J connectivity index is 2.77. The molecule has 0 aliphatic rings. The zero-order valence-electron chi connectivity index (χ0n) is 13.5. The van der Waals surface area contributed by atoms with Crippen molar-refractivity contribution in [1.82, 2.24) is 4.98 Å². The number of nitrogen functional groups attached to an aromatic ring is 1. The molecule has 1 aromatic heterocycles. The molecule has 0 spiro atoms. The van der Waals surface area contributed by atoms with Gasteiger partial charge >= 0.3 is 5.97 Å². The van der Waals surface area contributed by atoms with E-state index in [1.54, 1.807) is 13.0 Å². The summed E-state index contributed by atoms with van der Waals surface area (Å²) < 4.78 is 10.5. The van der Waals surface area contributed by atoms with E-state index in [1.165, 1.54) is 25.1 Å². The molecule has 1 aromatic carbocycles. The van der Waals surface area contributed by atoms with Gasteiger partial charge in [0.1, 0.15) is 29.1 Å². The summed E-state index contributed by atoms with van der Waals surface area (Å²) in [6, 6.07) is 8.13. The molecule has 2 aromatic rings. The summed E-state index contributed by atoms with van der Waals surface area (Å²) in [6.07, 6.45) is 0. The Morgan fingerprint density at radius 1 is 1.24 bits per heavy atom. The summed E-state index contributed by atoms with van der Waals surface area (Å²) in [5.41, 5.74) is 5.19. The maximum Gasteiger partial charge on any atom is 0.308 e. The van der Waals surface area contributed by atoms with E-state index in [1.807, 2.05) is 6.07 Å². The first-order chi connectivity index (χ1) is 11.9. The van der Waals surface area contributed by atoms with E-state index >= 15 is 0 Å². The van der Waals surface area contributed by atoms with Crippen LogP contribution in [-0.4, -0.2) is 17.6 Å².